The lowest BCUT2D eigenvalue weighted by molar-refractivity contribution is -0.179. The van der Waals surface area contributed by atoms with Crippen molar-refractivity contribution in [2.45, 2.75) is 30.6 Å². The molecule has 6 atom stereocenters. The summed E-state index contributed by atoms with van der Waals surface area (Å²) in [6, 6.07) is 1.22. The molecule has 0 bridgehead atoms. The second kappa shape index (κ2) is 8.03. The first-order valence-electron chi connectivity index (χ1n) is 10.2. The molecule has 0 radical (unpaired) electrons. The normalized spacial score (nSPS) is 34.9. The molecule has 1 aromatic carbocycles. The molecule has 0 spiro atoms. The van der Waals surface area contributed by atoms with Gasteiger partial charge >= 0.3 is 0 Å². The molecule has 3 aliphatic carbocycles. The predicted molar refractivity (Wildman–Crippen MR) is 121 cm³/mol. The van der Waals surface area contributed by atoms with Gasteiger partial charge in [-0.3, -0.25) is 24.1 Å². The van der Waals surface area contributed by atoms with Crippen molar-refractivity contribution in [3.8, 4) is 5.75 Å². The van der Waals surface area contributed by atoms with E-state index in [4.69, 9.17) is 17.3 Å². The Morgan fingerprint density at radius 2 is 1.76 bits per heavy atom. The first-order chi connectivity index (χ1) is 15.2. The van der Waals surface area contributed by atoms with Gasteiger partial charge in [-0.25, -0.2) is 0 Å². The topological polar surface area (TPSA) is 178 Å². The number of ketones is 3. The van der Waals surface area contributed by atoms with Crippen LogP contribution in [0.25, 0.3) is 5.76 Å². The molecule has 2 saturated carbocycles. The number of fused-ring (bicyclic) bond motifs is 3. The third kappa shape index (κ3) is 3.06. The Morgan fingerprint density at radius 1 is 1.18 bits per heavy atom. The number of benzene rings is 1. The summed E-state index contributed by atoms with van der Waals surface area (Å²) in [4.78, 5) is 53.2. The van der Waals surface area contributed by atoms with Gasteiger partial charge < -0.3 is 26.2 Å². The molecule has 184 valence electrons. The van der Waals surface area contributed by atoms with Crippen LogP contribution in [0.5, 0.6) is 5.75 Å². The van der Waals surface area contributed by atoms with Gasteiger partial charge in [-0.2, -0.15) is 0 Å². The number of carbonyl (C=O) groups is 4. The quantitative estimate of drug-likeness (QED) is 0.341. The van der Waals surface area contributed by atoms with Crippen molar-refractivity contribution in [1.82, 2.24) is 4.90 Å². The maximum absolute atomic E-state index is 13.7. The summed E-state index contributed by atoms with van der Waals surface area (Å²) < 4.78 is 0. The van der Waals surface area contributed by atoms with Crippen LogP contribution in [0, 0.1) is 17.8 Å². The number of amides is 1. The van der Waals surface area contributed by atoms with Gasteiger partial charge in [0.25, 0.3) is 0 Å². The number of halogens is 2. The van der Waals surface area contributed by atoms with E-state index in [-0.39, 0.29) is 35.0 Å². The highest BCUT2D eigenvalue weighted by Gasteiger charge is 2.69. The average molecular weight is 515 g/mol. The van der Waals surface area contributed by atoms with Crippen molar-refractivity contribution in [1.29, 1.82) is 0 Å². The summed E-state index contributed by atoms with van der Waals surface area (Å²) in [6.45, 7) is 1.33. The Labute approximate surface area is 205 Å². The van der Waals surface area contributed by atoms with Crippen LogP contribution in [0.15, 0.2) is 17.7 Å². The fourth-order valence-corrected chi connectivity index (χ4v) is 6.07. The summed E-state index contributed by atoms with van der Waals surface area (Å²) in [5.41, 5.74) is -0.337. The first kappa shape index (κ1) is 26.1. The van der Waals surface area contributed by atoms with Crippen molar-refractivity contribution in [2.75, 3.05) is 14.1 Å². The van der Waals surface area contributed by atoms with Gasteiger partial charge in [-0.1, -0.05) is 11.6 Å². The number of aliphatic hydroxyl groups is 3. The molecule has 0 saturated heterocycles. The van der Waals surface area contributed by atoms with Crippen LogP contribution in [-0.2, 0) is 24.8 Å². The highest BCUT2D eigenvalue weighted by Crippen LogP contribution is 2.57. The minimum Gasteiger partial charge on any atom is -0.507 e. The molecule has 3 aliphatic rings. The molecule has 0 aliphatic heterocycles. The van der Waals surface area contributed by atoms with Crippen LogP contribution >= 0.6 is 24.0 Å². The van der Waals surface area contributed by atoms with Crippen LogP contribution in [0.1, 0.15) is 24.5 Å². The number of aliphatic hydroxyl groups excluding tert-OH is 1. The Hall–Kier alpha value is -2.50. The molecule has 1 aromatic rings. The van der Waals surface area contributed by atoms with Crippen molar-refractivity contribution in [3.63, 3.8) is 0 Å². The van der Waals surface area contributed by atoms with Gasteiger partial charge in [0.1, 0.15) is 11.5 Å². The number of Topliss-reactive ketones (excluding diaryl/α,β-unsaturated/α-hetero) is 3. The SMILES string of the molecule is CN(C)C1C(=O)C(C(N)=O)C(=O)C2(O)C(=O)C3=C(O)c4c(O)ccc(Cl)c4C(C)(O)C3CC12.Cl. The number of rotatable bonds is 2. The number of phenols is 1. The lowest BCUT2D eigenvalue weighted by atomic mass is 9.52. The Balaban J connectivity index is 0.00000324. The van der Waals surface area contributed by atoms with Gasteiger partial charge in [0.2, 0.25) is 11.7 Å². The van der Waals surface area contributed by atoms with Crippen molar-refractivity contribution in [3.05, 3.63) is 33.9 Å². The maximum atomic E-state index is 13.7. The molecular formula is C22H24Cl2N2O8. The van der Waals surface area contributed by atoms with Crippen LogP contribution in [0.4, 0.5) is 0 Å². The summed E-state index contributed by atoms with van der Waals surface area (Å²) in [5, 5.41) is 44.3. The number of nitrogens with zero attached hydrogens (tertiary/aromatic N) is 1. The zero-order valence-corrected chi connectivity index (χ0v) is 20.0. The number of primary amides is 1. The van der Waals surface area contributed by atoms with Crippen molar-refractivity contribution < 1.29 is 39.6 Å². The maximum Gasteiger partial charge on any atom is 0.235 e. The molecule has 2 fully saturated rings. The predicted octanol–water partition coefficient (Wildman–Crippen LogP) is 0.0774. The highest BCUT2D eigenvalue weighted by molar-refractivity contribution is 6.33. The number of hydrogen-bond acceptors (Lipinski definition) is 9. The molecular weight excluding hydrogens is 491 g/mol. The summed E-state index contributed by atoms with van der Waals surface area (Å²) in [7, 11) is 2.96. The van der Waals surface area contributed by atoms with Crippen LogP contribution in [0.2, 0.25) is 5.02 Å². The zero-order valence-electron chi connectivity index (χ0n) is 18.4. The lowest BCUT2D eigenvalue weighted by Gasteiger charge is -2.53. The monoisotopic (exact) mass is 514 g/mol. The fraction of sp³-hybridized carbons (Fsp3) is 0.455. The molecule has 1 amide bonds. The van der Waals surface area contributed by atoms with E-state index in [9.17, 15) is 39.6 Å². The van der Waals surface area contributed by atoms with E-state index in [1.54, 1.807) is 0 Å². The number of nitrogens with two attached hydrogens (primary N) is 1. The van der Waals surface area contributed by atoms with Crippen molar-refractivity contribution in [2.24, 2.45) is 23.5 Å². The number of hydrogen-bond donors (Lipinski definition) is 5. The largest absolute Gasteiger partial charge is 0.507 e. The second-order valence-electron chi connectivity index (χ2n) is 9.23. The Bertz CT molecular complexity index is 1180. The van der Waals surface area contributed by atoms with Crippen LogP contribution < -0.4 is 5.73 Å². The summed E-state index contributed by atoms with van der Waals surface area (Å²) >= 11 is 6.27. The van der Waals surface area contributed by atoms with E-state index < -0.39 is 75.3 Å². The van der Waals surface area contributed by atoms with Crippen molar-refractivity contribution >= 4 is 53.0 Å². The number of likely N-dealkylation sites (N-methyl/N-ethyl adjacent to an activating group) is 1. The molecule has 4 rings (SSSR count). The molecule has 0 aromatic heterocycles. The lowest BCUT2D eigenvalue weighted by Crippen LogP contribution is -2.73. The summed E-state index contributed by atoms with van der Waals surface area (Å²) in [6.07, 6.45) is -0.286. The number of phenolic OH excluding ortho intramolecular Hbond substituents is 1. The van der Waals surface area contributed by atoms with Gasteiger partial charge in [-0.05, 0) is 39.6 Å². The zero-order chi connectivity index (χ0) is 24.8. The van der Waals surface area contributed by atoms with E-state index in [1.165, 1.54) is 32.0 Å². The molecule has 10 nitrogen and oxygen atoms in total. The standard InChI is InChI=1S/C22H23ClN2O8.ClH/c1-21(32)7-6-8-15(25(2)3)17(28)13(20(24)31)19(30)22(8,33)18(29)11(7)16(27)12-10(26)5-4-9(23)14(12)21;/h4-5,7-8,13,15,26-27,32-33H,6H2,1-3H3,(H2,24,31);1H. The third-order valence-electron chi connectivity index (χ3n) is 7.21. The van der Waals surface area contributed by atoms with Crippen LogP contribution in [-0.4, -0.2) is 74.3 Å². The first-order valence-corrected chi connectivity index (χ1v) is 10.6. The number of aromatic hydroxyl groups is 1. The van der Waals surface area contributed by atoms with Gasteiger partial charge in [-0.15, -0.1) is 12.4 Å². The second-order valence-corrected chi connectivity index (χ2v) is 9.63. The summed E-state index contributed by atoms with van der Waals surface area (Å²) in [5.74, 6) is -10.6. The fourth-order valence-electron chi connectivity index (χ4n) is 5.72. The Morgan fingerprint density at radius 3 is 2.29 bits per heavy atom. The van der Waals surface area contributed by atoms with E-state index in [1.807, 2.05) is 0 Å². The highest BCUT2D eigenvalue weighted by atomic mass is 35.5. The van der Waals surface area contributed by atoms with E-state index in [0.717, 1.165) is 6.07 Å². The molecule has 6 unspecified atom stereocenters. The van der Waals surface area contributed by atoms with Gasteiger partial charge in [0.15, 0.2) is 23.1 Å². The third-order valence-corrected chi connectivity index (χ3v) is 7.53. The molecule has 0 heterocycles. The van der Waals surface area contributed by atoms with Crippen LogP contribution in [0.3, 0.4) is 0 Å². The average Bonchev–Trinajstić information content (AvgIpc) is 2.69. The van der Waals surface area contributed by atoms with Gasteiger partial charge in [0, 0.05) is 28.0 Å². The molecule has 12 heteroatoms. The molecule has 34 heavy (non-hydrogen) atoms. The minimum atomic E-state index is -2.86. The van der Waals surface area contributed by atoms with E-state index >= 15 is 0 Å². The van der Waals surface area contributed by atoms with E-state index in [0.29, 0.717) is 0 Å². The van der Waals surface area contributed by atoms with Gasteiger partial charge in [0.05, 0.1) is 17.2 Å². The smallest absolute Gasteiger partial charge is 0.235 e. The van der Waals surface area contributed by atoms with E-state index in [2.05, 4.69) is 0 Å². The minimum absolute atomic E-state index is 0. The Kier molecular flexibility index (Phi) is 6.17. The number of carbonyl (C=O) groups excluding carboxylic acids is 4. The molecule has 6 N–H and O–H groups in total.